The van der Waals surface area contributed by atoms with Gasteiger partial charge in [-0.3, -0.25) is 9.69 Å². The highest BCUT2D eigenvalue weighted by atomic mass is 16.9. The molecule has 0 saturated carbocycles. The van der Waals surface area contributed by atoms with Gasteiger partial charge in [0.15, 0.2) is 18.4 Å². The third kappa shape index (κ3) is 4.09. The van der Waals surface area contributed by atoms with Gasteiger partial charge in [0, 0.05) is 24.4 Å². The van der Waals surface area contributed by atoms with Crippen LogP contribution >= 0.6 is 0 Å². The maximum atomic E-state index is 12.7. The van der Waals surface area contributed by atoms with Crippen LogP contribution in [0, 0.1) is 0 Å². The van der Waals surface area contributed by atoms with E-state index in [1.54, 1.807) is 0 Å². The van der Waals surface area contributed by atoms with Crippen molar-refractivity contribution in [3.63, 3.8) is 0 Å². The minimum absolute atomic E-state index is 0.109. The molecule has 2 aromatic rings. The third-order valence-electron chi connectivity index (χ3n) is 5.71. The highest BCUT2D eigenvalue weighted by Crippen LogP contribution is 2.33. The van der Waals surface area contributed by atoms with E-state index < -0.39 is 0 Å². The first-order chi connectivity index (χ1) is 13.6. The van der Waals surface area contributed by atoms with Crippen molar-refractivity contribution in [2.45, 2.75) is 50.8 Å². The first-order valence-electron chi connectivity index (χ1n) is 9.97. The average Bonchev–Trinajstić information content (AvgIpc) is 2.70. The number of ketones is 1. The lowest BCUT2D eigenvalue weighted by atomic mass is 9.90. The second-order valence-corrected chi connectivity index (χ2v) is 7.59. The van der Waals surface area contributed by atoms with Crippen LogP contribution in [0.1, 0.15) is 47.3 Å². The van der Waals surface area contributed by atoms with Gasteiger partial charge in [0.1, 0.15) is 0 Å². The Morgan fingerprint density at radius 2 is 1.79 bits per heavy atom. The third-order valence-corrected chi connectivity index (χ3v) is 5.71. The van der Waals surface area contributed by atoms with Gasteiger partial charge in [0.2, 0.25) is 0 Å². The zero-order chi connectivity index (χ0) is 19.5. The summed E-state index contributed by atoms with van der Waals surface area (Å²) < 4.78 is 11.3. The number of Topliss-reactive ketones (excluding diaryl/α,β-unsaturated/α-hetero) is 1. The van der Waals surface area contributed by atoms with Gasteiger partial charge in [-0.2, -0.15) is 0 Å². The van der Waals surface area contributed by atoms with E-state index in [2.05, 4.69) is 48.4 Å². The minimum atomic E-state index is -0.163. The lowest BCUT2D eigenvalue weighted by Crippen LogP contribution is -2.41. The van der Waals surface area contributed by atoms with Crippen LogP contribution in [-0.4, -0.2) is 36.4 Å². The van der Waals surface area contributed by atoms with E-state index in [9.17, 15) is 4.79 Å². The zero-order valence-corrected chi connectivity index (χ0v) is 16.5. The van der Waals surface area contributed by atoms with E-state index in [4.69, 9.17) is 9.47 Å². The molecule has 4 rings (SSSR count). The van der Waals surface area contributed by atoms with Crippen molar-refractivity contribution < 1.29 is 14.3 Å². The molecule has 0 spiro atoms. The fourth-order valence-electron chi connectivity index (χ4n) is 4.12. The molecule has 1 fully saturated rings. The number of nitrogens with zero attached hydrogens (tertiary/aromatic N) is 1. The summed E-state index contributed by atoms with van der Waals surface area (Å²) in [5.74, 6) is 0.199. The maximum Gasteiger partial charge on any atom is 0.167 e. The Morgan fingerprint density at radius 3 is 2.54 bits per heavy atom. The van der Waals surface area contributed by atoms with E-state index in [0.29, 0.717) is 6.42 Å². The van der Waals surface area contributed by atoms with Gasteiger partial charge in [-0.15, -0.1) is 0 Å². The minimum Gasteiger partial charge on any atom is -0.324 e. The summed E-state index contributed by atoms with van der Waals surface area (Å²) in [6.45, 7) is 1.91. The Labute approximate surface area is 166 Å². The number of benzene rings is 2. The molecule has 146 valence electrons. The quantitative estimate of drug-likeness (QED) is 0.548. The van der Waals surface area contributed by atoms with Crippen LogP contribution in [-0.2, 0) is 15.9 Å². The normalized spacial score (nSPS) is 27.4. The Balaban J connectivity index is 1.49. The first kappa shape index (κ1) is 19.1. The van der Waals surface area contributed by atoms with Gasteiger partial charge in [0.25, 0.3) is 0 Å². The summed E-state index contributed by atoms with van der Waals surface area (Å²) in [5, 5.41) is 0. The van der Waals surface area contributed by atoms with E-state index >= 15 is 0 Å². The molecular formula is C24H27NO3. The first-order valence-corrected chi connectivity index (χ1v) is 9.97. The molecule has 1 saturated heterocycles. The predicted molar refractivity (Wildman–Crippen MR) is 109 cm³/mol. The van der Waals surface area contributed by atoms with Gasteiger partial charge in [-0.25, -0.2) is 0 Å². The number of ether oxygens (including phenoxy) is 2. The molecule has 2 atom stereocenters. The highest BCUT2D eigenvalue weighted by Gasteiger charge is 2.31. The van der Waals surface area contributed by atoms with Gasteiger partial charge < -0.3 is 9.47 Å². The zero-order valence-electron chi connectivity index (χ0n) is 16.5. The van der Waals surface area contributed by atoms with Crippen molar-refractivity contribution in [1.82, 2.24) is 4.90 Å². The van der Waals surface area contributed by atoms with Crippen molar-refractivity contribution in [3.05, 3.63) is 83.4 Å². The second kappa shape index (κ2) is 8.39. The van der Waals surface area contributed by atoms with E-state index in [1.807, 2.05) is 37.3 Å². The fraction of sp³-hybridized carbons (Fsp3) is 0.375. The van der Waals surface area contributed by atoms with Gasteiger partial charge in [-0.1, -0.05) is 66.7 Å². The lowest BCUT2D eigenvalue weighted by Gasteiger charge is -2.38. The van der Waals surface area contributed by atoms with Crippen LogP contribution in [0.15, 0.2) is 66.7 Å². The number of carbonyl (C=O) groups is 1. The van der Waals surface area contributed by atoms with Gasteiger partial charge in [-0.05, 0) is 31.5 Å². The monoisotopic (exact) mass is 377 g/mol. The van der Waals surface area contributed by atoms with E-state index in [-0.39, 0.29) is 30.4 Å². The van der Waals surface area contributed by atoms with Crippen LogP contribution in [0.3, 0.4) is 0 Å². The summed E-state index contributed by atoms with van der Waals surface area (Å²) in [5.41, 5.74) is 3.27. The molecule has 2 unspecified atom stereocenters. The number of likely N-dealkylation sites (N-methyl/N-ethyl adjacent to an activating group) is 1. The Morgan fingerprint density at radius 1 is 1.07 bits per heavy atom. The molecule has 0 aliphatic carbocycles. The molecule has 0 bridgehead atoms. The molecule has 0 aromatic heterocycles. The van der Waals surface area contributed by atoms with Crippen molar-refractivity contribution >= 4 is 5.78 Å². The molecule has 0 amide bonds. The van der Waals surface area contributed by atoms with Crippen LogP contribution in [0.5, 0.6) is 0 Å². The molecule has 2 aliphatic rings. The molecule has 4 nitrogen and oxygen atoms in total. The molecule has 2 aromatic carbocycles. The summed E-state index contributed by atoms with van der Waals surface area (Å²) in [6.07, 6.45) is 6.34. The van der Waals surface area contributed by atoms with Crippen LogP contribution in [0.2, 0.25) is 0 Å². The molecule has 2 aliphatic heterocycles. The van der Waals surface area contributed by atoms with E-state index in [0.717, 1.165) is 18.4 Å². The smallest absolute Gasteiger partial charge is 0.167 e. The largest absolute Gasteiger partial charge is 0.324 e. The molecule has 0 N–H and O–H groups in total. The van der Waals surface area contributed by atoms with E-state index in [1.165, 1.54) is 11.1 Å². The summed E-state index contributed by atoms with van der Waals surface area (Å²) in [4.78, 5) is 15.0. The molecule has 2 heterocycles. The van der Waals surface area contributed by atoms with Crippen LogP contribution in [0.4, 0.5) is 0 Å². The topological polar surface area (TPSA) is 38.8 Å². The maximum absolute atomic E-state index is 12.7. The van der Waals surface area contributed by atoms with Crippen molar-refractivity contribution in [3.8, 4) is 0 Å². The van der Waals surface area contributed by atoms with Crippen molar-refractivity contribution in [2.75, 3.05) is 7.05 Å². The van der Waals surface area contributed by atoms with Crippen LogP contribution in [0.25, 0.3) is 0 Å². The second-order valence-electron chi connectivity index (χ2n) is 7.59. The van der Waals surface area contributed by atoms with Crippen molar-refractivity contribution in [1.29, 1.82) is 0 Å². The standard InChI is InChI=1S/C24H27NO3/c1-17-27-24(28-17)15-19-11-6-7-13-21(19)22-14-8-12-20(25(22)2)16-23(26)18-9-4-3-5-10-18/h3-11,13-14,17,20,22,24H,12,15-16H2,1-2H3. The van der Waals surface area contributed by atoms with Gasteiger partial charge in [0.05, 0.1) is 6.04 Å². The SMILES string of the molecule is CC1OC(Cc2ccccc2C2C=CCC(CC(=O)c3ccccc3)N2C)O1. The molecule has 0 radical (unpaired) electrons. The van der Waals surface area contributed by atoms with Crippen molar-refractivity contribution in [2.24, 2.45) is 0 Å². The number of hydrogen-bond acceptors (Lipinski definition) is 4. The Hall–Kier alpha value is -2.27. The summed E-state index contributed by atoms with van der Waals surface area (Å²) in [6, 6.07) is 18.4. The number of rotatable bonds is 6. The highest BCUT2D eigenvalue weighted by molar-refractivity contribution is 5.96. The predicted octanol–water partition coefficient (Wildman–Crippen LogP) is 4.52. The summed E-state index contributed by atoms with van der Waals surface area (Å²) in [7, 11) is 2.12. The average molecular weight is 377 g/mol. The Kier molecular flexibility index (Phi) is 5.72. The lowest BCUT2D eigenvalue weighted by molar-refractivity contribution is -0.374. The summed E-state index contributed by atoms with van der Waals surface area (Å²) >= 11 is 0. The molecular weight excluding hydrogens is 350 g/mol. The van der Waals surface area contributed by atoms with Crippen LogP contribution < -0.4 is 0 Å². The number of hydrogen-bond donors (Lipinski definition) is 0. The molecule has 4 heteroatoms. The Bertz CT molecular complexity index is 842. The number of carbonyl (C=O) groups excluding carboxylic acids is 1. The fourth-order valence-corrected chi connectivity index (χ4v) is 4.12. The molecule has 28 heavy (non-hydrogen) atoms. The van der Waals surface area contributed by atoms with Gasteiger partial charge >= 0.3 is 0 Å².